The third kappa shape index (κ3) is 3.45. The highest BCUT2D eigenvalue weighted by atomic mass is 16.5. The topological polar surface area (TPSA) is 85.8 Å². The molecule has 0 aromatic carbocycles. The lowest BCUT2D eigenvalue weighted by molar-refractivity contribution is 0.0244. The van der Waals surface area contributed by atoms with Gasteiger partial charge in [0.25, 0.3) is 0 Å². The van der Waals surface area contributed by atoms with E-state index in [1.165, 1.54) is 0 Å². The second kappa shape index (κ2) is 7.60. The van der Waals surface area contributed by atoms with Gasteiger partial charge in [-0.15, -0.1) is 0 Å². The first-order valence-corrected chi connectivity index (χ1v) is 9.75. The van der Waals surface area contributed by atoms with Crippen LogP contribution in [0.4, 0.5) is 0 Å². The summed E-state index contributed by atoms with van der Waals surface area (Å²) in [5.41, 5.74) is 5.46. The number of ether oxygens (including phenoxy) is 2. The summed E-state index contributed by atoms with van der Waals surface area (Å²) in [4.78, 5) is 13.4. The maximum atomic E-state index is 6.25. The van der Waals surface area contributed by atoms with Gasteiger partial charge >= 0.3 is 0 Å². The molecule has 0 saturated carbocycles. The molecule has 7 heteroatoms. The van der Waals surface area contributed by atoms with Gasteiger partial charge in [0.05, 0.1) is 29.8 Å². The van der Waals surface area contributed by atoms with Gasteiger partial charge in [-0.2, -0.15) is 5.10 Å². The molecule has 4 aromatic heterocycles. The summed E-state index contributed by atoms with van der Waals surface area (Å²) in [7, 11) is 0. The van der Waals surface area contributed by atoms with Crippen LogP contribution in [0.15, 0.2) is 48.9 Å². The summed E-state index contributed by atoms with van der Waals surface area (Å²) < 4.78 is 11.7. The molecule has 1 fully saturated rings. The molecule has 0 unspecified atom stereocenters. The summed E-state index contributed by atoms with van der Waals surface area (Å²) in [6, 6.07) is 9.85. The molecule has 7 nitrogen and oxygen atoms in total. The number of nitrogens with one attached hydrogen (secondary N) is 1. The summed E-state index contributed by atoms with van der Waals surface area (Å²) in [5.74, 6) is 0.606. The Morgan fingerprint density at radius 3 is 2.76 bits per heavy atom. The number of pyridine rings is 3. The molecule has 29 heavy (non-hydrogen) atoms. The lowest BCUT2D eigenvalue weighted by atomic mass is 10.0. The second-order valence-corrected chi connectivity index (χ2v) is 7.11. The van der Waals surface area contributed by atoms with Crippen molar-refractivity contribution in [3.8, 4) is 28.4 Å². The van der Waals surface area contributed by atoms with E-state index in [1.807, 2.05) is 37.3 Å². The van der Waals surface area contributed by atoms with Crippen LogP contribution in [0.1, 0.15) is 18.5 Å². The summed E-state index contributed by atoms with van der Waals surface area (Å²) in [6.07, 6.45) is 7.17. The number of H-pyrrole nitrogens is 1. The van der Waals surface area contributed by atoms with Gasteiger partial charge in [-0.3, -0.25) is 15.1 Å². The van der Waals surface area contributed by atoms with E-state index in [2.05, 4.69) is 25.1 Å². The minimum Gasteiger partial charge on any atom is -0.474 e. The molecule has 5 rings (SSSR count). The van der Waals surface area contributed by atoms with Crippen LogP contribution >= 0.6 is 0 Å². The first-order chi connectivity index (χ1) is 14.3. The Bertz CT molecular complexity index is 1150. The lowest BCUT2D eigenvalue weighted by Gasteiger charge is -2.23. The highest BCUT2D eigenvalue weighted by molar-refractivity contribution is 5.96. The van der Waals surface area contributed by atoms with E-state index in [0.29, 0.717) is 5.88 Å². The van der Waals surface area contributed by atoms with Crippen molar-refractivity contribution in [2.45, 2.75) is 25.9 Å². The van der Waals surface area contributed by atoms with Crippen LogP contribution in [0, 0.1) is 6.92 Å². The van der Waals surface area contributed by atoms with Crippen molar-refractivity contribution in [3.05, 3.63) is 54.6 Å². The zero-order chi connectivity index (χ0) is 19.6. The fourth-order valence-corrected chi connectivity index (χ4v) is 3.67. The number of aryl methyl sites for hydroxylation is 1. The molecule has 1 aliphatic heterocycles. The smallest absolute Gasteiger partial charge is 0.225 e. The minimum atomic E-state index is 0.107. The maximum absolute atomic E-state index is 6.25. The Kier molecular flexibility index (Phi) is 4.65. The van der Waals surface area contributed by atoms with Crippen LogP contribution in [-0.4, -0.2) is 44.5 Å². The quantitative estimate of drug-likeness (QED) is 0.571. The van der Waals surface area contributed by atoms with Gasteiger partial charge < -0.3 is 9.47 Å². The fraction of sp³-hybridized carbons (Fsp3) is 0.273. The molecule has 0 spiro atoms. The van der Waals surface area contributed by atoms with E-state index in [1.54, 1.807) is 18.6 Å². The largest absolute Gasteiger partial charge is 0.474 e. The van der Waals surface area contributed by atoms with Crippen molar-refractivity contribution in [2.24, 2.45) is 0 Å². The standard InChI is InChI=1S/C22H21N5O2/c1-14-17(3-2-8-23-14)19-13-15(4-9-24-19)21-20-18(26-27-21)5-10-25-22(20)29-16-6-11-28-12-7-16/h2-5,8-10,13,16H,6-7,11-12H2,1H3,(H,26,27). The number of hydrogen-bond donors (Lipinski definition) is 1. The van der Waals surface area contributed by atoms with Crippen LogP contribution in [0.3, 0.4) is 0 Å². The minimum absolute atomic E-state index is 0.107. The normalized spacial score (nSPS) is 14.9. The van der Waals surface area contributed by atoms with Gasteiger partial charge in [-0.25, -0.2) is 4.98 Å². The average Bonchev–Trinajstić information content (AvgIpc) is 3.20. The molecule has 0 bridgehead atoms. The van der Waals surface area contributed by atoms with Crippen molar-refractivity contribution < 1.29 is 9.47 Å². The van der Waals surface area contributed by atoms with Crippen LogP contribution in [-0.2, 0) is 4.74 Å². The first-order valence-electron chi connectivity index (χ1n) is 9.75. The van der Waals surface area contributed by atoms with Crippen molar-refractivity contribution in [1.82, 2.24) is 25.1 Å². The number of aromatic nitrogens is 5. The van der Waals surface area contributed by atoms with E-state index < -0.39 is 0 Å². The van der Waals surface area contributed by atoms with Crippen LogP contribution in [0.25, 0.3) is 33.4 Å². The number of aromatic amines is 1. The van der Waals surface area contributed by atoms with Crippen LogP contribution < -0.4 is 4.74 Å². The molecular weight excluding hydrogens is 366 g/mol. The lowest BCUT2D eigenvalue weighted by Crippen LogP contribution is -2.26. The Balaban J connectivity index is 1.57. The summed E-state index contributed by atoms with van der Waals surface area (Å²) >= 11 is 0. The number of fused-ring (bicyclic) bond motifs is 1. The zero-order valence-electron chi connectivity index (χ0n) is 16.1. The number of nitrogens with zero attached hydrogens (tertiary/aromatic N) is 4. The van der Waals surface area contributed by atoms with E-state index in [0.717, 1.165) is 65.2 Å². The Morgan fingerprint density at radius 2 is 1.90 bits per heavy atom. The highest BCUT2D eigenvalue weighted by Gasteiger charge is 2.20. The monoisotopic (exact) mass is 387 g/mol. The number of rotatable bonds is 4. The van der Waals surface area contributed by atoms with Crippen LogP contribution in [0.5, 0.6) is 5.88 Å². The molecule has 4 aromatic rings. The summed E-state index contributed by atoms with van der Waals surface area (Å²) in [5, 5.41) is 8.56. The van der Waals surface area contributed by atoms with Crippen molar-refractivity contribution in [3.63, 3.8) is 0 Å². The van der Waals surface area contributed by atoms with E-state index in [9.17, 15) is 0 Å². The van der Waals surface area contributed by atoms with Crippen molar-refractivity contribution in [2.75, 3.05) is 13.2 Å². The molecule has 0 radical (unpaired) electrons. The molecule has 0 aliphatic carbocycles. The molecule has 1 saturated heterocycles. The van der Waals surface area contributed by atoms with Gasteiger partial charge in [0.15, 0.2) is 0 Å². The Labute approximate surface area is 168 Å². The second-order valence-electron chi connectivity index (χ2n) is 7.11. The van der Waals surface area contributed by atoms with Crippen molar-refractivity contribution >= 4 is 10.9 Å². The average molecular weight is 387 g/mol. The number of hydrogen-bond acceptors (Lipinski definition) is 6. The van der Waals surface area contributed by atoms with Gasteiger partial charge in [-0.05, 0) is 37.3 Å². The molecule has 146 valence electrons. The maximum Gasteiger partial charge on any atom is 0.225 e. The van der Waals surface area contributed by atoms with E-state index >= 15 is 0 Å². The van der Waals surface area contributed by atoms with Gasteiger partial charge in [0.1, 0.15) is 11.8 Å². The van der Waals surface area contributed by atoms with Gasteiger partial charge in [0, 0.05) is 48.3 Å². The third-order valence-electron chi connectivity index (χ3n) is 5.20. The molecule has 5 heterocycles. The Hall–Kier alpha value is -3.32. The highest BCUT2D eigenvalue weighted by Crippen LogP contribution is 2.34. The van der Waals surface area contributed by atoms with E-state index in [-0.39, 0.29) is 6.10 Å². The fourth-order valence-electron chi connectivity index (χ4n) is 3.67. The molecule has 0 atom stereocenters. The summed E-state index contributed by atoms with van der Waals surface area (Å²) in [6.45, 7) is 3.42. The molecule has 1 N–H and O–H groups in total. The molecule has 1 aliphatic rings. The van der Waals surface area contributed by atoms with E-state index in [4.69, 9.17) is 9.47 Å². The SMILES string of the molecule is Cc1ncccc1-c1cc(-c2n[nH]c3ccnc(OC4CCOCC4)c23)ccn1. The molecule has 0 amide bonds. The Morgan fingerprint density at radius 1 is 1.03 bits per heavy atom. The predicted octanol–water partition coefficient (Wildman–Crippen LogP) is 3.95. The van der Waals surface area contributed by atoms with Gasteiger partial charge in [0.2, 0.25) is 5.88 Å². The third-order valence-corrected chi connectivity index (χ3v) is 5.20. The predicted molar refractivity (Wildman–Crippen MR) is 110 cm³/mol. The van der Waals surface area contributed by atoms with Crippen LogP contribution in [0.2, 0.25) is 0 Å². The van der Waals surface area contributed by atoms with Gasteiger partial charge in [-0.1, -0.05) is 0 Å². The zero-order valence-corrected chi connectivity index (χ0v) is 16.1. The van der Waals surface area contributed by atoms with Crippen molar-refractivity contribution in [1.29, 1.82) is 0 Å². The first kappa shape index (κ1) is 17.8. The molecular formula is C22H21N5O2.